The van der Waals surface area contributed by atoms with Crippen molar-refractivity contribution in [2.75, 3.05) is 6.61 Å². The quantitative estimate of drug-likeness (QED) is 0.779. The highest BCUT2D eigenvalue weighted by Crippen LogP contribution is 2.22. The molecule has 0 saturated carbocycles. The molecule has 0 aliphatic carbocycles. The summed E-state index contributed by atoms with van der Waals surface area (Å²) in [4.78, 5) is 15.6. The van der Waals surface area contributed by atoms with Crippen LogP contribution in [-0.2, 0) is 4.74 Å². The summed E-state index contributed by atoms with van der Waals surface area (Å²) in [5.74, 6) is -0.441. The van der Waals surface area contributed by atoms with Crippen molar-refractivity contribution in [2.24, 2.45) is 0 Å². The first-order valence-electron chi connectivity index (χ1n) is 5.14. The number of aromatic nitrogens is 3. The van der Waals surface area contributed by atoms with Crippen LogP contribution >= 0.6 is 11.3 Å². The summed E-state index contributed by atoms with van der Waals surface area (Å²) in [6, 6.07) is 3.80. The predicted octanol–water partition coefficient (Wildman–Crippen LogP) is 2.09. The van der Waals surface area contributed by atoms with Gasteiger partial charge in [-0.25, -0.2) is 4.79 Å². The standard InChI is InChI=1S/C11H11N3O2S/c1-3-16-11(15)10-14-13-9(17-10)8-6-7(2)4-5-12-8/h4-6H,3H2,1-2H3. The van der Waals surface area contributed by atoms with Gasteiger partial charge in [0.2, 0.25) is 5.01 Å². The molecule has 17 heavy (non-hydrogen) atoms. The average Bonchev–Trinajstić information content (AvgIpc) is 2.78. The molecule has 88 valence electrons. The lowest BCUT2D eigenvalue weighted by Crippen LogP contribution is -2.03. The van der Waals surface area contributed by atoms with Crippen LogP contribution in [-0.4, -0.2) is 27.8 Å². The van der Waals surface area contributed by atoms with E-state index in [2.05, 4.69) is 15.2 Å². The Morgan fingerprint density at radius 3 is 3.00 bits per heavy atom. The van der Waals surface area contributed by atoms with Gasteiger partial charge < -0.3 is 4.74 Å². The van der Waals surface area contributed by atoms with Crippen molar-refractivity contribution in [3.63, 3.8) is 0 Å². The van der Waals surface area contributed by atoms with E-state index < -0.39 is 5.97 Å². The molecular formula is C11H11N3O2S. The Labute approximate surface area is 102 Å². The number of rotatable bonds is 3. The van der Waals surface area contributed by atoms with Gasteiger partial charge in [0.1, 0.15) is 5.69 Å². The Balaban J connectivity index is 2.27. The van der Waals surface area contributed by atoms with Gasteiger partial charge in [0.25, 0.3) is 0 Å². The molecule has 0 aromatic carbocycles. The smallest absolute Gasteiger partial charge is 0.369 e. The highest BCUT2D eigenvalue weighted by Gasteiger charge is 2.15. The SMILES string of the molecule is CCOC(=O)c1nnc(-c2cc(C)ccn2)s1. The van der Waals surface area contributed by atoms with Crippen LogP contribution in [0.5, 0.6) is 0 Å². The maximum absolute atomic E-state index is 11.4. The molecule has 6 heteroatoms. The van der Waals surface area contributed by atoms with Crippen molar-refractivity contribution in [3.05, 3.63) is 28.9 Å². The number of carbonyl (C=O) groups is 1. The zero-order valence-electron chi connectivity index (χ0n) is 9.51. The first kappa shape index (κ1) is 11.7. The molecule has 0 bridgehead atoms. The van der Waals surface area contributed by atoms with Gasteiger partial charge in [0.05, 0.1) is 6.61 Å². The second kappa shape index (κ2) is 5.01. The third-order valence-electron chi connectivity index (χ3n) is 2.01. The molecule has 2 aromatic rings. The Bertz CT molecular complexity index is 539. The lowest BCUT2D eigenvalue weighted by atomic mass is 10.2. The van der Waals surface area contributed by atoms with Crippen molar-refractivity contribution in [2.45, 2.75) is 13.8 Å². The monoisotopic (exact) mass is 249 g/mol. The van der Waals surface area contributed by atoms with Gasteiger partial charge in [0, 0.05) is 6.20 Å². The van der Waals surface area contributed by atoms with E-state index in [1.807, 2.05) is 19.1 Å². The van der Waals surface area contributed by atoms with Crippen LogP contribution < -0.4 is 0 Å². The summed E-state index contributed by atoms with van der Waals surface area (Å²) in [6.07, 6.45) is 1.70. The molecule has 2 rings (SSSR count). The Kier molecular flexibility index (Phi) is 3.43. The van der Waals surface area contributed by atoms with Crippen LogP contribution in [0, 0.1) is 6.92 Å². The molecular weight excluding hydrogens is 238 g/mol. The van der Waals surface area contributed by atoms with Gasteiger partial charge in [-0.1, -0.05) is 11.3 Å². The lowest BCUT2D eigenvalue weighted by Gasteiger charge is -1.95. The molecule has 2 heterocycles. The highest BCUT2D eigenvalue weighted by molar-refractivity contribution is 7.16. The number of pyridine rings is 1. The van der Waals surface area contributed by atoms with Gasteiger partial charge >= 0.3 is 5.97 Å². The summed E-state index contributed by atoms with van der Waals surface area (Å²) in [6.45, 7) is 4.05. The summed E-state index contributed by atoms with van der Waals surface area (Å²) in [7, 11) is 0. The van der Waals surface area contributed by atoms with Crippen LogP contribution in [0.4, 0.5) is 0 Å². The number of hydrogen-bond donors (Lipinski definition) is 0. The largest absolute Gasteiger partial charge is 0.461 e. The van der Waals surface area contributed by atoms with Crippen molar-refractivity contribution < 1.29 is 9.53 Å². The molecule has 0 saturated heterocycles. The van der Waals surface area contributed by atoms with Crippen molar-refractivity contribution in [1.29, 1.82) is 0 Å². The van der Waals surface area contributed by atoms with Gasteiger partial charge in [-0.3, -0.25) is 4.98 Å². The zero-order valence-corrected chi connectivity index (χ0v) is 10.3. The van der Waals surface area contributed by atoms with Crippen LogP contribution in [0.2, 0.25) is 0 Å². The molecule has 0 radical (unpaired) electrons. The predicted molar refractivity (Wildman–Crippen MR) is 63.8 cm³/mol. The van der Waals surface area contributed by atoms with E-state index in [1.165, 1.54) is 11.3 Å². The van der Waals surface area contributed by atoms with E-state index >= 15 is 0 Å². The number of carbonyl (C=O) groups excluding carboxylic acids is 1. The molecule has 0 aliphatic heterocycles. The van der Waals surface area contributed by atoms with E-state index in [1.54, 1.807) is 13.1 Å². The molecule has 5 nitrogen and oxygen atoms in total. The van der Waals surface area contributed by atoms with Gasteiger partial charge in [-0.05, 0) is 31.5 Å². The summed E-state index contributed by atoms with van der Waals surface area (Å²) in [5.41, 5.74) is 1.81. The molecule has 2 aromatic heterocycles. The van der Waals surface area contributed by atoms with Crippen molar-refractivity contribution in [3.8, 4) is 10.7 Å². The summed E-state index contributed by atoms with van der Waals surface area (Å²) in [5, 5.41) is 8.61. The Morgan fingerprint density at radius 2 is 2.29 bits per heavy atom. The van der Waals surface area contributed by atoms with Crippen molar-refractivity contribution >= 4 is 17.3 Å². The third-order valence-corrected chi connectivity index (χ3v) is 2.94. The molecule has 0 amide bonds. The number of nitrogens with zero attached hydrogens (tertiary/aromatic N) is 3. The fraction of sp³-hybridized carbons (Fsp3) is 0.273. The topological polar surface area (TPSA) is 65.0 Å². The Hall–Kier alpha value is -1.82. The average molecular weight is 249 g/mol. The van der Waals surface area contributed by atoms with Crippen LogP contribution in [0.25, 0.3) is 10.7 Å². The minimum absolute atomic E-state index is 0.255. The summed E-state index contributed by atoms with van der Waals surface area (Å²) < 4.78 is 4.85. The third kappa shape index (κ3) is 2.65. The number of ether oxygens (including phenoxy) is 1. The normalized spacial score (nSPS) is 10.2. The second-order valence-corrected chi connectivity index (χ2v) is 4.33. The minimum Gasteiger partial charge on any atom is -0.461 e. The number of aryl methyl sites for hydroxylation is 1. The fourth-order valence-corrected chi connectivity index (χ4v) is 1.96. The van der Waals surface area contributed by atoms with E-state index in [4.69, 9.17) is 4.74 Å². The van der Waals surface area contributed by atoms with Crippen LogP contribution in [0.15, 0.2) is 18.3 Å². The molecule has 0 spiro atoms. The van der Waals surface area contributed by atoms with E-state index in [0.717, 1.165) is 11.3 Å². The summed E-state index contributed by atoms with van der Waals surface area (Å²) >= 11 is 1.18. The number of esters is 1. The molecule has 0 unspecified atom stereocenters. The van der Waals surface area contributed by atoms with E-state index in [0.29, 0.717) is 11.6 Å². The van der Waals surface area contributed by atoms with E-state index in [-0.39, 0.29) is 5.01 Å². The van der Waals surface area contributed by atoms with Gasteiger partial charge in [0.15, 0.2) is 5.01 Å². The highest BCUT2D eigenvalue weighted by atomic mass is 32.1. The van der Waals surface area contributed by atoms with Crippen LogP contribution in [0.1, 0.15) is 22.3 Å². The fourth-order valence-electron chi connectivity index (χ4n) is 1.26. The minimum atomic E-state index is -0.441. The first-order chi connectivity index (χ1) is 8.20. The molecule has 0 atom stereocenters. The maximum Gasteiger partial charge on any atom is 0.369 e. The van der Waals surface area contributed by atoms with Crippen molar-refractivity contribution in [1.82, 2.24) is 15.2 Å². The van der Waals surface area contributed by atoms with Gasteiger partial charge in [-0.2, -0.15) is 0 Å². The van der Waals surface area contributed by atoms with Crippen LogP contribution in [0.3, 0.4) is 0 Å². The van der Waals surface area contributed by atoms with Gasteiger partial charge in [-0.15, -0.1) is 10.2 Å². The Morgan fingerprint density at radius 1 is 1.47 bits per heavy atom. The second-order valence-electron chi connectivity index (χ2n) is 3.35. The van der Waals surface area contributed by atoms with E-state index in [9.17, 15) is 4.79 Å². The molecule has 0 fully saturated rings. The zero-order chi connectivity index (χ0) is 12.3. The number of hydrogen-bond acceptors (Lipinski definition) is 6. The molecule has 0 aliphatic rings. The maximum atomic E-state index is 11.4. The molecule has 0 N–H and O–H groups in total. The first-order valence-corrected chi connectivity index (χ1v) is 5.96. The lowest BCUT2D eigenvalue weighted by molar-refractivity contribution is 0.0525.